The zero-order valence-electron chi connectivity index (χ0n) is 8.75. The maximum Gasteiger partial charge on any atom is 0.287 e. The highest BCUT2D eigenvalue weighted by atomic mass is 79.9. The van der Waals surface area contributed by atoms with E-state index in [0.717, 1.165) is 5.76 Å². The normalized spacial score (nSPS) is 12.5. The van der Waals surface area contributed by atoms with Crippen LogP contribution in [-0.2, 0) is 4.74 Å². The van der Waals surface area contributed by atoms with Crippen LogP contribution in [0.4, 0.5) is 0 Å². The Labute approximate surface area is 97.1 Å². The van der Waals surface area contributed by atoms with Crippen LogP contribution in [0.2, 0.25) is 0 Å². The number of methoxy groups -OCH3 is 1. The maximum absolute atomic E-state index is 11.6. The fraction of sp³-hybridized carbons (Fsp3) is 0.500. The number of rotatable bonds is 5. The third kappa shape index (κ3) is 3.68. The smallest absolute Gasteiger partial charge is 0.287 e. The Morgan fingerprint density at radius 2 is 2.40 bits per heavy atom. The van der Waals surface area contributed by atoms with Gasteiger partial charge in [-0.2, -0.15) is 0 Å². The lowest BCUT2D eigenvalue weighted by atomic mass is 10.3. The first-order valence-electron chi connectivity index (χ1n) is 4.59. The second kappa shape index (κ2) is 5.92. The highest BCUT2D eigenvalue weighted by Crippen LogP contribution is 2.06. The van der Waals surface area contributed by atoms with Crippen LogP contribution in [0, 0.1) is 6.92 Å². The lowest BCUT2D eigenvalue weighted by Crippen LogP contribution is -2.39. The van der Waals surface area contributed by atoms with Crippen molar-refractivity contribution >= 4 is 21.8 Å². The summed E-state index contributed by atoms with van der Waals surface area (Å²) < 4.78 is 10.2. The first kappa shape index (κ1) is 12.3. The molecule has 0 saturated heterocycles. The monoisotopic (exact) mass is 275 g/mol. The number of ether oxygens (including phenoxy) is 1. The zero-order valence-corrected chi connectivity index (χ0v) is 10.3. The van der Waals surface area contributed by atoms with Gasteiger partial charge in [-0.25, -0.2) is 0 Å². The van der Waals surface area contributed by atoms with Crippen molar-refractivity contribution in [2.75, 3.05) is 19.0 Å². The van der Waals surface area contributed by atoms with Crippen molar-refractivity contribution in [1.82, 2.24) is 5.32 Å². The Bertz CT molecular complexity index is 324. The molecule has 0 radical (unpaired) electrons. The molecular weight excluding hydrogens is 262 g/mol. The first-order chi connectivity index (χ1) is 7.17. The second-order valence-corrected chi connectivity index (χ2v) is 3.84. The van der Waals surface area contributed by atoms with Crippen molar-refractivity contribution in [3.8, 4) is 0 Å². The quantitative estimate of drug-likeness (QED) is 0.833. The summed E-state index contributed by atoms with van der Waals surface area (Å²) >= 11 is 3.30. The molecule has 1 atom stereocenters. The molecule has 0 aliphatic heterocycles. The number of aryl methyl sites for hydroxylation is 1. The van der Waals surface area contributed by atoms with E-state index in [1.807, 2.05) is 0 Å². The van der Waals surface area contributed by atoms with E-state index in [2.05, 4.69) is 21.2 Å². The minimum Gasteiger partial charge on any atom is -0.456 e. The SMILES string of the molecule is COCC(CBr)NC(=O)c1ccc(C)o1. The van der Waals surface area contributed by atoms with Crippen LogP contribution in [0.5, 0.6) is 0 Å². The summed E-state index contributed by atoms with van der Waals surface area (Å²) in [7, 11) is 1.60. The molecule has 5 heteroatoms. The second-order valence-electron chi connectivity index (χ2n) is 3.19. The molecule has 1 heterocycles. The Balaban J connectivity index is 2.54. The van der Waals surface area contributed by atoms with Crippen LogP contribution >= 0.6 is 15.9 Å². The molecule has 1 aromatic heterocycles. The fourth-order valence-corrected chi connectivity index (χ4v) is 1.49. The number of halogens is 1. The largest absolute Gasteiger partial charge is 0.456 e. The molecule has 84 valence electrons. The van der Waals surface area contributed by atoms with E-state index in [0.29, 0.717) is 17.7 Å². The van der Waals surface area contributed by atoms with Gasteiger partial charge < -0.3 is 14.5 Å². The molecule has 1 amide bonds. The number of hydrogen-bond acceptors (Lipinski definition) is 3. The van der Waals surface area contributed by atoms with Crippen molar-refractivity contribution in [3.05, 3.63) is 23.7 Å². The van der Waals surface area contributed by atoms with E-state index in [1.54, 1.807) is 26.2 Å². The number of nitrogens with one attached hydrogen (secondary N) is 1. The minimum atomic E-state index is -0.218. The van der Waals surface area contributed by atoms with Crippen molar-refractivity contribution in [2.45, 2.75) is 13.0 Å². The van der Waals surface area contributed by atoms with Gasteiger partial charge in [0.05, 0.1) is 12.6 Å². The molecule has 1 rings (SSSR count). The third-order valence-corrected chi connectivity index (χ3v) is 2.64. The molecular formula is C10H14BrNO3. The fourth-order valence-electron chi connectivity index (χ4n) is 1.14. The van der Waals surface area contributed by atoms with Crippen LogP contribution in [0.15, 0.2) is 16.5 Å². The average molecular weight is 276 g/mol. The standard InChI is InChI=1S/C10H14BrNO3/c1-7-3-4-9(15-7)10(13)12-8(5-11)6-14-2/h3-4,8H,5-6H2,1-2H3,(H,12,13). The third-order valence-electron chi connectivity index (χ3n) is 1.85. The summed E-state index contributed by atoms with van der Waals surface area (Å²) in [6, 6.07) is 3.37. The van der Waals surface area contributed by atoms with Gasteiger partial charge in [0.1, 0.15) is 5.76 Å². The van der Waals surface area contributed by atoms with Crippen molar-refractivity contribution in [1.29, 1.82) is 0 Å². The molecule has 0 bridgehead atoms. The topological polar surface area (TPSA) is 51.5 Å². The molecule has 0 aromatic carbocycles. The highest BCUT2D eigenvalue weighted by Gasteiger charge is 2.14. The summed E-state index contributed by atoms with van der Waals surface area (Å²) in [6.07, 6.45) is 0. The summed E-state index contributed by atoms with van der Waals surface area (Å²) in [5.41, 5.74) is 0. The predicted molar refractivity (Wildman–Crippen MR) is 60.4 cm³/mol. The van der Waals surface area contributed by atoms with Gasteiger partial charge in [0.2, 0.25) is 0 Å². The Hall–Kier alpha value is -0.810. The van der Waals surface area contributed by atoms with Crippen molar-refractivity contribution in [2.24, 2.45) is 0 Å². The average Bonchev–Trinajstić information content (AvgIpc) is 2.64. The van der Waals surface area contributed by atoms with E-state index >= 15 is 0 Å². The molecule has 0 spiro atoms. The van der Waals surface area contributed by atoms with E-state index in [-0.39, 0.29) is 11.9 Å². The molecule has 4 nitrogen and oxygen atoms in total. The molecule has 0 aliphatic rings. The van der Waals surface area contributed by atoms with Crippen molar-refractivity contribution < 1.29 is 13.9 Å². The van der Waals surface area contributed by atoms with E-state index in [9.17, 15) is 4.79 Å². The molecule has 1 unspecified atom stereocenters. The van der Waals surface area contributed by atoms with E-state index < -0.39 is 0 Å². The molecule has 1 aromatic rings. The number of amides is 1. The van der Waals surface area contributed by atoms with Crippen molar-refractivity contribution in [3.63, 3.8) is 0 Å². The molecule has 15 heavy (non-hydrogen) atoms. The van der Waals surface area contributed by atoms with Gasteiger partial charge in [0.15, 0.2) is 5.76 Å². The zero-order chi connectivity index (χ0) is 11.3. The number of hydrogen-bond donors (Lipinski definition) is 1. The van der Waals surface area contributed by atoms with Gasteiger partial charge in [-0.05, 0) is 19.1 Å². The number of alkyl halides is 1. The lowest BCUT2D eigenvalue weighted by Gasteiger charge is -2.13. The lowest BCUT2D eigenvalue weighted by molar-refractivity contribution is 0.0879. The minimum absolute atomic E-state index is 0.0482. The highest BCUT2D eigenvalue weighted by molar-refractivity contribution is 9.09. The van der Waals surface area contributed by atoms with Crippen LogP contribution in [0.25, 0.3) is 0 Å². The van der Waals surface area contributed by atoms with Crippen LogP contribution in [0.1, 0.15) is 16.3 Å². The first-order valence-corrected chi connectivity index (χ1v) is 5.71. The Kier molecular flexibility index (Phi) is 4.84. The predicted octanol–water partition coefficient (Wildman–Crippen LogP) is 1.73. The summed E-state index contributed by atoms with van der Waals surface area (Å²) in [4.78, 5) is 11.6. The Morgan fingerprint density at radius 3 is 2.87 bits per heavy atom. The van der Waals surface area contributed by atoms with Crippen LogP contribution < -0.4 is 5.32 Å². The number of carbonyl (C=O) groups is 1. The van der Waals surface area contributed by atoms with Crippen LogP contribution in [0.3, 0.4) is 0 Å². The van der Waals surface area contributed by atoms with Gasteiger partial charge in [0.25, 0.3) is 5.91 Å². The molecule has 1 N–H and O–H groups in total. The van der Waals surface area contributed by atoms with Gasteiger partial charge in [0, 0.05) is 12.4 Å². The molecule has 0 saturated carbocycles. The number of furan rings is 1. The maximum atomic E-state index is 11.6. The summed E-state index contributed by atoms with van der Waals surface area (Å²) in [5.74, 6) is 0.835. The summed E-state index contributed by atoms with van der Waals surface area (Å²) in [6.45, 7) is 2.27. The van der Waals surface area contributed by atoms with Gasteiger partial charge in [-0.1, -0.05) is 15.9 Å². The van der Waals surface area contributed by atoms with Gasteiger partial charge in [-0.15, -0.1) is 0 Å². The van der Waals surface area contributed by atoms with Gasteiger partial charge >= 0.3 is 0 Å². The van der Waals surface area contributed by atoms with Gasteiger partial charge in [-0.3, -0.25) is 4.79 Å². The number of carbonyl (C=O) groups excluding carboxylic acids is 1. The van der Waals surface area contributed by atoms with Crippen LogP contribution in [-0.4, -0.2) is 31.0 Å². The van der Waals surface area contributed by atoms with E-state index in [4.69, 9.17) is 9.15 Å². The Morgan fingerprint density at radius 1 is 1.67 bits per heavy atom. The molecule has 0 fully saturated rings. The van der Waals surface area contributed by atoms with E-state index in [1.165, 1.54) is 0 Å². The molecule has 0 aliphatic carbocycles. The summed E-state index contributed by atoms with van der Waals surface area (Å²) in [5, 5.41) is 3.44.